The summed E-state index contributed by atoms with van der Waals surface area (Å²) >= 11 is 0. The average Bonchev–Trinajstić information content (AvgIpc) is 2.72. The molecule has 2 rings (SSSR count). The number of rotatable bonds is 5. The Morgan fingerprint density at radius 2 is 2.38 bits per heavy atom. The van der Waals surface area contributed by atoms with Crippen molar-refractivity contribution in [1.82, 2.24) is 15.5 Å². The summed E-state index contributed by atoms with van der Waals surface area (Å²) in [5, 5.41) is 20.6. The normalized spacial score (nSPS) is 13.1. The number of aromatic nitrogens is 2. The molecule has 1 aromatic heterocycles. The second-order valence-corrected chi connectivity index (χ2v) is 4.07. The van der Waals surface area contributed by atoms with Crippen LogP contribution in [0.3, 0.4) is 0 Å². The number of para-hydroxylation sites is 1. The number of aromatic amines is 1. The third-order valence-corrected chi connectivity index (χ3v) is 2.62. The number of H-pyrrole nitrogens is 1. The van der Waals surface area contributed by atoms with Crippen LogP contribution < -0.4 is 5.32 Å². The van der Waals surface area contributed by atoms with Crippen molar-refractivity contribution in [3.63, 3.8) is 0 Å². The van der Waals surface area contributed by atoms with Gasteiger partial charge in [-0.15, -0.1) is 0 Å². The lowest BCUT2D eigenvalue weighted by Crippen LogP contribution is -2.18. The van der Waals surface area contributed by atoms with Crippen molar-refractivity contribution >= 4 is 10.9 Å². The van der Waals surface area contributed by atoms with E-state index in [0.717, 1.165) is 30.4 Å². The lowest BCUT2D eigenvalue weighted by Gasteiger charge is -2.07. The van der Waals surface area contributed by atoms with Crippen molar-refractivity contribution in [3.8, 4) is 0 Å². The maximum Gasteiger partial charge on any atom is 0.0695 e. The second kappa shape index (κ2) is 5.09. The highest BCUT2D eigenvalue weighted by atomic mass is 16.3. The molecule has 0 spiro atoms. The van der Waals surface area contributed by atoms with E-state index in [-0.39, 0.29) is 6.10 Å². The van der Waals surface area contributed by atoms with Gasteiger partial charge in [-0.1, -0.05) is 18.2 Å². The molecule has 86 valence electrons. The fourth-order valence-corrected chi connectivity index (χ4v) is 1.71. The maximum atomic E-state index is 9.13. The molecule has 0 saturated heterocycles. The quantitative estimate of drug-likeness (QED) is 0.666. The van der Waals surface area contributed by atoms with Gasteiger partial charge in [-0.05, 0) is 25.5 Å². The van der Waals surface area contributed by atoms with E-state index in [9.17, 15) is 0 Å². The molecule has 0 fully saturated rings. The number of aliphatic hydroxyl groups excluding tert-OH is 1. The Labute approximate surface area is 94.7 Å². The van der Waals surface area contributed by atoms with Crippen molar-refractivity contribution in [2.75, 3.05) is 6.54 Å². The summed E-state index contributed by atoms with van der Waals surface area (Å²) in [6.45, 7) is 3.42. The van der Waals surface area contributed by atoms with E-state index in [2.05, 4.69) is 21.6 Å². The molecule has 0 saturated carbocycles. The van der Waals surface area contributed by atoms with Gasteiger partial charge >= 0.3 is 0 Å². The van der Waals surface area contributed by atoms with E-state index in [1.54, 1.807) is 6.92 Å². The van der Waals surface area contributed by atoms with Gasteiger partial charge in [0.1, 0.15) is 0 Å². The summed E-state index contributed by atoms with van der Waals surface area (Å²) in [4.78, 5) is 0. The number of nitrogens with zero attached hydrogens (tertiary/aromatic N) is 1. The maximum absolute atomic E-state index is 9.13. The minimum Gasteiger partial charge on any atom is -0.393 e. The molecule has 0 aliphatic rings. The lowest BCUT2D eigenvalue weighted by molar-refractivity contribution is 0.183. The molecule has 4 heteroatoms. The summed E-state index contributed by atoms with van der Waals surface area (Å²) in [7, 11) is 0. The molecule has 1 aromatic carbocycles. The van der Waals surface area contributed by atoms with Gasteiger partial charge in [0, 0.05) is 11.9 Å². The number of benzene rings is 1. The van der Waals surface area contributed by atoms with Crippen LogP contribution in [-0.4, -0.2) is 28.0 Å². The minimum absolute atomic E-state index is 0.240. The molecule has 0 aliphatic carbocycles. The first-order chi connectivity index (χ1) is 7.77. The highest BCUT2D eigenvalue weighted by Crippen LogP contribution is 2.14. The Hall–Kier alpha value is -1.39. The predicted molar refractivity (Wildman–Crippen MR) is 64.1 cm³/mol. The highest BCUT2D eigenvalue weighted by Gasteiger charge is 2.02. The first kappa shape index (κ1) is 11.1. The summed E-state index contributed by atoms with van der Waals surface area (Å²) in [6.07, 6.45) is 2.36. The topological polar surface area (TPSA) is 60.9 Å². The van der Waals surface area contributed by atoms with Crippen molar-refractivity contribution < 1.29 is 5.11 Å². The van der Waals surface area contributed by atoms with Gasteiger partial charge < -0.3 is 10.4 Å². The summed E-state index contributed by atoms with van der Waals surface area (Å²) in [5.74, 6) is 0. The zero-order chi connectivity index (χ0) is 11.4. The summed E-state index contributed by atoms with van der Waals surface area (Å²) < 4.78 is 0. The van der Waals surface area contributed by atoms with Gasteiger partial charge in [0.25, 0.3) is 0 Å². The Bertz CT molecular complexity index is 450. The van der Waals surface area contributed by atoms with Crippen LogP contribution in [0.25, 0.3) is 10.9 Å². The average molecular weight is 219 g/mol. The Kier molecular flexibility index (Phi) is 3.54. The third-order valence-electron chi connectivity index (χ3n) is 2.62. The fourth-order valence-electron chi connectivity index (χ4n) is 1.71. The second-order valence-electron chi connectivity index (χ2n) is 4.07. The first-order valence-corrected chi connectivity index (χ1v) is 5.57. The molecule has 0 amide bonds. The van der Waals surface area contributed by atoms with E-state index < -0.39 is 0 Å². The van der Waals surface area contributed by atoms with Gasteiger partial charge in [-0.3, -0.25) is 5.10 Å². The van der Waals surface area contributed by atoms with Crippen molar-refractivity contribution in [2.24, 2.45) is 0 Å². The molecule has 4 nitrogen and oxygen atoms in total. The Morgan fingerprint density at radius 3 is 3.19 bits per heavy atom. The van der Waals surface area contributed by atoms with Gasteiger partial charge in [-0.2, -0.15) is 5.10 Å². The van der Waals surface area contributed by atoms with E-state index >= 15 is 0 Å². The van der Waals surface area contributed by atoms with E-state index in [1.165, 1.54) is 5.56 Å². The zero-order valence-corrected chi connectivity index (χ0v) is 9.40. The van der Waals surface area contributed by atoms with Crippen LogP contribution in [0.15, 0.2) is 24.4 Å². The monoisotopic (exact) mass is 219 g/mol. The summed E-state index contributed by atoms with van der Waals surface area (Å²) in [5.41, 5.74) is 2.30. The Balaban J connectivity index is 1.96. The van der Waals surface area contributed by atoms with Crippen LogP contribution in [0.1, 0.15) is 18.9 Å². The van der Waals surface area contributed by atoms with E-state index in [1.807, 2.05) is 18.3 Å². The molecule has 3 N–H and O–H groups in total. The SMILES string of the molecule is CC(O)CCNCc1cccc2cn[nH]c12. The molecule has 0 bridgehead atoms. The van der Waals surface area contributed by atoms with Gasteiger partial charge in [0.2, 0.25) is 0 Å². The number of aliphatic hydroxyl groups is 1. The molecular formula is C12H17N3O. The molecule has 2 aromatic rings. The lowest BCUT2D eigenvalue weighted by atomic mass is 10.1. The molecule has 1 atom stereocenters. The van der Waals surface area contributed by atoms with E-state index in [4.69, 9.17) is 5.11 Å². The standard InChI is InChI=1S/C12H17N3O/c1-9(16)5-6-13-7-10-3-2-4-11-8-14-15-12(10)11/h2-4,8-9,13,16H,5-7H2,1H3,(H,14,15). The third kappa shape index (κ3) is 2.59. The van der Waals surface area contributed by atoms with Crippen LogP contribution in [0.5, 0.6) is 0 Å². The molecule has 0 radical (unpaired) electrons. The molecule has 1 unspecified atom stereocenters. The number of hydrogen-bond acceptors (Lipinski definition) is 3. The van der Waals surface area contributed by atoms with Crippen LogP contribution in [0.2, 0.25) is 0 Å². The molecular weight excluding hydrogens is 202 g/mol. The zero-order valence-electron chi connectivity index (χ0n) is 9.40. The molecule has 1 heterocycles. The van der Waals surface area contributed by atoms with Crippen molar-refractivity contribution in [2.45, 2.75) is 26.0 Å². The van der Waals surface area contributed by atoms with Crippen molar-refractivity contribution in [1.29, 1.82) is 0 Å². The van der Waals surface area contributed by atoms with Crippen LogP contribution in [0, 0.1) is 0 Å². The fraction of sp³-hybridized carbons (Fsp3) is 0.417. The van der Waals surface area contributed by atoms with Crippen LogP contribution in [-0.2, 0) is 6.54 Å². The van der Waals surface area contributed by atoms with Crippen LogP contribution >= 0.6 is 0 Å². The van der Waals surface area contributed by atoms with Gasteiger partial charge in [0.05, 0.1) is 17.8 Å². The number of hydrogen-bond donors (Lipinski definition) is 3. The Morgan fingerprint density at radius 1 is 1.50 bits per heavy atom. The summed E-state index contributed by atoms with van der Waals surface area (Å²) in [6, 6.07) is 6.15. The van der Waals surface area contributed by atoms with E-state index in [0.29, 0.717) is 0 Å². The first-order valence-electron chi connectivity index (χ1n) is 5.57. The van der Waals surface area contributed by atoms with Gasteiger partial charge in [0.15, 0.2) is 0 Å². The largest absolute Gasteiger partial charge is 0.393 e. The number of nitrogens with one attached hydrogen (secondary N) is 2. The highest BCUT2D eigenvalue weighted by molar-refractivity contribution is 5.81. The smallest absolute Gasteiger partial charge is 0.0695 e. The molecule has 16 heavy (non-hydrogen) atoms. The minimum atomic E-state index is -0.240. The predicted octanol–water partition coefficient (Wildman–Crippen LogP) is 1.42. The van der Waals surface area contributed by atoms with Crippen LogP contribution in [0.4, 0.5) is 0 Å². The molecule has 0 aliphatic heterocycles. The van der Waals surface area contributed by atoms with Gasteiger partial charge in [-0.25, -0.2) is 0 Å². The van der Waals surface area contributed by atoms with Crippen molar-refractivity contribution in [3.05, 3.63) is 30.0 Å². The number of fused-ring (bicyclic) bond motifs is 1.